The molecule has 4 rings (SSSR count). The van der Waals surface area contributed by atoms with Crippen molar-refractivity contribution in [1.82, 2.24) is 10.2 Å². The van der Waals surface area contributed by atoms with Crippen molar-refractivity contribution >= 4 is 46.1 Å². The van der Waals surface area contributed by atoms with E-state index in [2.05, 4.69) is 10.6 Å². The van der Waals surface area contributed by atoms with E-state index in [0.717, 1.165) is 4.90 Å². The Morgan fingerprint density at radius 3 is 2.58 bits per heavy atom. The third-order valence-corrected chi connectivity index (χ3v) is 6.62. The number of nitrogens with zero attached hydrogens (tertiary/aromatic N) is 1. The van der Waals surface area contributed by atoms with Crippen LogP contribution < -0.4 is 20.1 Å². The molecule has 198 valence electrons. The molecule has 1 aliphatic rings. The fourth-order valence-electron chi connectivity index (χ4n) is 4.12. The van der Waals surface area contributed by atoms with Crippen molar-refractivity contribution in [3.63, 3.8) is 0 Å². The summed E-state index contributed by atoms with van der Waals surface area (Å²) in [5.41, 5.74) is 1.01. The summed E-state index contributed by atoms with van der Waals surface area (Å²) in [4.78, 5) is 41.0. The molecule has 3 N–H and O–H groups in total. The first kappa shape index (κ1) is 27.3. The number of imide groups is 1. The van der Waals surface area contributed by atoms with Crippen molar-refractivity contribution in [2.75, 3.05) is 25.6 Å². The molecule has 0 aromatic heterocycles. The Balaban J connectivity index is 1.64. The van der Waals surface area contributed by atoms with Gasteiger partial charge in [0.05, 0.1) is 19.4 Å². The van der Waals surface area contributed by atoms with Crippen molar-refractivity contribution in [2.45, 2.75) is 18.5 Å². The smallest absolute Gasteiger partial charge is 0.325 e. The monoisotopic (exact) mass is 633 g/mol. The number of methoxy groups -OCH3 is 1. The first-order valence-corrected chi connectivity index (χ1v) is 12.7. The number of benzene rings is 3. The normalized spacial score (nSPS) is 15.7. The van der Waals surface area contributed by atoms with Gasteiger partial charge < -0.3 is 25.2 Å². The van der Waals surface area contributed by atoms with Gasteiger partial charge in [-0.2, -0.15) is 0 Å². The van der Waals surface area contributed by atoms with Gasteiger partial charge in [-0.05, 0) is 70.1 Å². The van der Waals surface area contributed by atoms with Gasteiger partial charge in [-0.15, -0.1) is 0 Å². The van der Waals surface area contributed by atoms with Gasteiger partial charge >= 0.3 is 6.03 Å². The number of rotatable bonds is 10. The number of hydrogen-bond acceptors (Lipinski definition) is 6. The fourth-order valence-corrected chi connectivity index (χ4v) is 4.58. The SMILES string of the molecule is COc1ccccc1CC(C(=O)Nc1ccc(I)cc1F)N1C(=O)N[C@H](c2ccc(OCCO)cc2)C1=O. The van der Waals surface area contributed by atoms with E-state index in [1.165, 1.54) is 19.2 Å². The molecule has 3 aromatic carbocycles. The lowest BCUT2D eigenvalue weighted by Gasteiger charge is -2.25. The van der Waals surface area contributed by atoms with Gasteiger partial charge in [0, 0.05) is 9.99 Å². The lowest BCUT2D eigenvalue weighted by molar-refractivity contribution is -0.134. The van der Waals surface area contributed by atoms with Crippen molar-refractivity contribution in [3.05, 3.63) is 87.2 Å². The number of aliphatic hydroxyl groups is 1. The van der Waals surface area contributed by atoms with Gasteiger partial charge in [-0.3, -0.25) is 9.59 Å². The van der Waals surface area contributed by atoms with Crippen molar-refractivity contribution in [2.24, 2.45) is 0 Å². The Morgan fingerprint density at radius 1 is 1.16 bits per heavy atom. The van der Waals surface area contributed by atoms with E-state index in [1.807, 2.05) is 22.6 Å². The molecule has 1 aliphatic heterocycles. The summed E-state index contributed by atoms with van der Waals surface area (Å²) in [5.74, 6) is -1.03. The van der Waals surface area contributed by atoms with Crippen LogP contribution in [-0.4, -0.2) is 54.2 Å². The molecule has 4 amide bonds. The topological polar surface area (TPSA) is 117 Å². The molecule has 2 atom stereocenters. The number of para-hydroxylation sites is 1. The first-order chi connectivity index (χ1) is 18.3. The summed E-state index contributed by atoms with van der Waals surface area (Å²) in [6.07, 6.45) is -0.0539. The van der Waals surface area contributed by atoms with E-state index in [9.17, 15) is 18.8 Å². The van der Waals surface area contributed by atoms with Gasteiger partial charge in [-0.1, -0.05) is 30.3 Å². The molecule has 0 saturated carbocycles. The minimum absolute atomic E-state index is 0.0539. The molecule has 9 nitrogen and oxygen atoms in total. The molecule has 1 unspecified atom stereocenters. The second kappa shape index (κ2) is 12.2. The maximum Gasteiger partial charge on any atom is 0.325 e. The highest BCUT2D eigenvalue weighted by molar-refractivity contribution is 14.1. The number of ether oxygens (including phenoxy) is 2. The molecule has 0 bridgehead atoms. The fraction of sp³-hybridized carbons (Fsp3) is 0.222. The molecule has 1 saturated heterocycles. The number of aliphatic hydroxyl groups excluding tert-OH is 1. The van der Waals surface area contributed by atoms with Crippen LogP contribution >= 0.6 is 22.6 Å². The Hall–Kier alpha value is -3.71. The van der Waals surface area contributed by atoms with Gasteiger partial charge in [0.15, 0.2) is 0 Å². The maximum atomic E-state index is 14.5. The summed E-state index contributed by atoms with van der Waals surface area (Å²) >= 11 is 1.95. The zero-order chi connectivity index (χ0) is 27.2. The maximum absolute atomic E-state index is 14.5. The van der Waals surface area contributed by atoms with Crippen LogP contribution in [0, 0.1) is 9.39 Å². The average Bonchev–Trinajstić information content (AvgIpc) is 3.21. The predicted octanol–water partition coefficient (Wildman–Crippen LogP) is 3.65. The van der Waals surface area contributed by atoms with Gasteiger partial charge in [-0.25, -0.2) is 14.1 Å². The van der Waals surface area contributed by atoms with E-state index in [4.69, 9.17) is 14.6 Å². The number of nitrogens with one attached hydrogen (secondary N) is 2. The van der Waals surface area contributed by atoms with Crippen LogP contribution in [0.1, 0.15) is 17.2 Å². The second-order valence-electron chi connectivity index (χ2n) is 8.38. The van der Waals surface area contributed by atoms with Crippen molar-refractivity contribution in [3.8, 4) is 11.5 Å². The van der Waals surface area contributed by atoms with Crippen molar-refractivity contribution in [1.29, 1.82) is 0 Å². The molecule has 0 spiro atoms. The number of carbonyl (C=O) groups excluding carboxylic acids is 3. The molecular formula is C27H25FIN3O6. The van der Waals surface area contributed by atoms with Crippen LogP contribution in [0.15, 0.2) is 66.7 Å². The number of halogens is 2. The van der Waals surface area contributed by atoms with Crippen LogP contribution in [-0.2, 0) is 16.0 Å². The zero-order valence-electron chi connectivity index (χ0n) is 20.3. The predicted molar refractivity (Wildman–Crippen MR) is 145 cm³/mol. The molecule has 1 fully saturated rings. The molecule has 3 aromatic rings. The number of amides is 4. The van der Waals surface area contributed by atoms with E-state index in [1.54, 1.807) is 54.6 Å². The Morgan fingerprint density at radius 2 is 1.89 bits per heavy atom. The Kier molecular flexibility index (Phi) is 8.79. The summed E-state index contributed by atoms with van der Waals surface area (Å²) < 4.78 is 25.9. The van der Waals surface area contributed by atoms with Crippen LogP contribution in [0.3, 0.4) is 0 Å². The number of anilines is 1. The summed E-state index contributed by atoms with van der Waals surface area (Å²) in [6.45, 7) is -0.0250. The largest absolute Gasteiger partial charge is 0.496 e. The lowest BCUT2D eigenvalue weighted by Crippen LogP contribution is -2.49. The molecular weight excluding hydrogens is 608 g/mol. The lowest BCUT2D eigenvalue weighted by atomic mass is 10.0. The van der Waals surface area contributed by atoms with E-state index in [-0.39, 0.29) is 25.3 Å². The quantitative estimate of drug-likeness (QED) is 0.232. The minimum Gasteiger partial charge on any atom is -0.496 e. The highest BCUT2D eigenvalue weighted by Crippen LogP contribution is 2.29. The minimum atomic E-state index is -1.30. The molecule has 11 heteroatoms. The molecule has 0 aliphatic carbocycles. The number of hydrogen-bond donors (Lipinski definition) is 3. The first-order valence-electron chi connectivity index (χ1n) is 11.7. The van der Waals surface area contributed by atoms with Crippen molar-refractivity contribution < 1.29 is 33.4 Å². The highest BCUT2D eigenvalue weighted by Gasteiger charge is 2.45. The summed E-state index contributed by atoms with van der Waals surface area (Å²) in [7, 11) is 1.48. The van der Waals surface area contributed by atoms with E-state index >= 15 is 0 Å². The number of urea groups is 1. The van der Waals surface area contributed by atoms with Crippen LogP contribution in [0.2, 0.25) is 0 Å². The Bertz CT molecular complexity index is 1340. The highest BCUT2D eigenvalue weighted by atomic mass is 127. The summed E-state index contributed by atoms with van der Waals surface area (Å²) in [5, 5.41) is 14.1. The Labute approximate surface area is 232 Å². The van der Waals surface area contributed by atoms with Crippen LogP contribution in [0.5, 0.6) is 11.5 Å². The standard InChI is InChI=1S/C27H25FIN3O6/c1-37-23-5-3-2-4-17(23)14-22(25(34)30-21-11-8-18(29)15-20(21)28)32-26(35)24(31-27(32)36)16-6-9-19(10-7-16)38-13-12-33/h2-11,15,22,24,33H,12-14H2,1H3,(H,30,34)(H,31,36)/t22?,24-/m1/s1. The second-order valence-corrected chi connectivity index (χ2v) is 9.62. The summed E-state index contributed by atoms with van der Waals surface area (Å²) in [6, 6.07) is 14.7. The van der Waals surface area contributed by atoms with Crippen LogP contribution in [0.4, 0.5) is 14.9 Å². The molecule has 1 heterocycles. The third kappa shape index (κ3) is 6.05. The molecule has 0 radical (unpaired) electrons. The van der Waals surface area contributed by atoms with E-state index < -0.39 is 35.7 Å². The van der Waals surface area contributed by atoms with Crippen LogP contribution in [0.25, 0.3) is 0 Å². The molecule has 38 heavy (non-hydrogen) atoms. The van der Waals surface area contributed by atoms with Gasteiger partial charge in [0.2, 0.25) is 5.91 Å². The third-order valence-electron chi connectivity index (χ3n) is 5.95. The van der Waals surface area contributed by atoms with Gasteiger partial charge in [0.1, 0.15) is 36.0 Å². The number of carbonyl (C=O) groups is 3. The van der Waals surface area contributed by atoms with E-state index in [0.29, 0.717) is 26.2 Å². The van der Waals surface area contributed by atoms with Gasteiger partial charge in [0.25, 0.3) is 5.91 Å². The average molecular weight is 633 g/mol. The zero-order valence-corrected chi connectivity index (χ0v) is 22.5.